The van der Waals surface area contributed by atoms with E-state index in [1.807, 2.05) is 20.8 Å². The van der Waals surface area contributed by atoms with Gasteiger partial charge >= 0.3 is 5.97 Å². The van der Waals surface area contributed by atoms with Crippen LogP contribution in [0.3, 0.4) is 0 Å². The van der Waals surface area contributed by atoms with E-state index in [9.17, 15) is 4.79 Å². The standard InChI is InChI=1S/C11H18O4/c1-11(2,3)15-10(12)7-4-8-9(5-7)14-6-13-8/h7-9H,4-6H2,1-3H3. The van der Waals surface area contributed by atoms with Crippen molar-refractivity contribution in [2.75, 3.05) is 6.79 Å². The molecule has 4 nitrogen and oxygen atoms in total. The van der Waals surface area contributed by atoms with Gasteiger partial charge in [-0.2, -0.15) is 0 Å². The molecule has 1 heterocycles. The summed E-state index contributed by atoms with van der Waals surface area (Å²) < 4.78 is 16.1. The zero-order chi connectivity index (χ0) is 11.1. The molecule has 1 aliphatic carbocycles. The first-order chi connectivity index (χ1) is 6.96. The lowest BCUT2D eigenvalue weighted by Crippen LogP contribution is -2.28. The fourth-order valence-electron chi connectivity index (χ4n) is 2.10. The quantitative estimate of drug-likeness (QED) is 0.620. The molecule has 0 spiro atoms. The number of hydrogen-bond acceptors (Lipinski definition) is 4. The maximum absolute atomic E-state index is 11.8. The van der Waals surface area contributed by atoms with Gasteiger partial charge < -0.3 is 14.2 Å². The van der Waals surface area contributed by atoms with Crippen LogP contribution in [0.25, 0.3) is 0 Å². The highest BCUT2D eigenvalue weighted by Crippen LogP contribution is 2.35. The van der Waals surface area contributed by atoms with Crippen molar-refractivity contribution in [1.82, 2.24) is 0 Å². The average Bonchev–Trinajstić information content (AvgIpc) is 2.56. The molecule has 1 saturated carbocycles. The van der Waals surface area contributed by atoms with Gasteiger partial charge in [0, 0.05) is 0 Å². The molecule has 0 amide bonds. The van der Waals surface area contributed by atoms with E-state index >= 15 is 0 Å². The van der Waals surface area contributed by atoms with E-state index in [4.69, 9.17) is 14.2 Å². The van der Waals surface area contributed by atoms with Crippen molar-refractivity contribution in [3.8, 4) is 0 Å². The SMILES string of the molecule is CC(C)(C)OC(=O)C1CC2OCOC2C1. The molecule has 15 heavy (non-hydrogen) atoms. The minimum absolute atomic E-state index is 0.0560. The third-order valence-corrected chi connectivity index (χ3v) is 2.75. The van der Waals surface area contributed by atoms with Crippen molar-refractivity contribution in [3.05, 3.63) is 0 Å². The van der Waals surface area contributed by atoms with E-state index in [1.165, 1.54) is 0 Å². The minimum Gasteiger partial charge on any atom is -0.460 e. The fourth-order valence-corrected chi connectivity index (χ4v) is 2.10. The van der Waals surface area contributed by atoms with E-state index in [0.717, 1.165) is 12.8 Å². The zero-order valence-corrected chi connectivity index (χ0v) is 9.49. The summed E-state index contributed by atoms with van der Waals surface area (Å²) in [5, 5.41) is 0. The van der Waals surface area contributed by atoms with Crippen molar-refractivity contribution >= 4 is 5.97 Å². The summed E-state index contributed by atoms with van der Waals surface area (Å²) in [6.07, 6.45) is 1.67. The van der Waals surface area contributed by atoms with Gasteiger partial charge in [-0.1, -0.05) is 0 Å². The summed E-state index contributed by atoms with van der Waals surface area (Å²) in [5.74, 6) is -0.177. The van der Waals surface area contributed by atoms with E-state index in [1.54, 1.807) is 0 Å². The summed E-state index contributed by atoms with van der Waals surface area (Å²) >= 11 is 0. The minimum atomic E-state index is -0.406. The molecule has 2 unspecified atom stereocenters. The number of hydrogen-bond donors (Lipinski definition) is 0. The lowest BCUT2D eigenvalue weighted by Gasteiger charge is -2.22. The summed E-state index contributed by atoms with van der Waals surface area (Å²) in [6.45, 7) is 6.02. The van der Waals surface area contributed by atoms with Gasteiger partial charge in [-0.3, -0.25) is 4.79 Å². The molecular formula is C11H18O4. The number of carbonyl (C=O) groups excluding carboxylic acids is 1. The Balaban J connectivity index is 1.88. The third-order valence-electron chi connectivity index (χ3n) is 2.75. The Morgan fingerprint density at radius 3 is 2.20 bits per heavy atom. The molecule has 0 bridgehead atoms. The van der Waals surface area contributed by atoms with Crippen molar-refractivity contribution in [3.63, 3.8) is 0 Å². The van der Waals surface area contributed by atoms with Crippen LogP contribution >= 0.6 is 0 Å². The molecule has 1 saturated heterocycles. The molecule has 86 valence electrons. The monoisotopic (exact) mass is 214 g/mol. The van der Waals surface area contributed by atoms with Gasteiger partial charge in [-0.25, -0.2) is 0 Å². The maximum atomic E-state index is 11.8. The van der Waals surface area contributed by atoms with Crippen molar-refractivity contribution in [2.24, 2.45) is 5.92 Å². The van der Waals surface area contributed by atoms with Crippen LogP contribution in [0, 0.1) is 5.92 Å². The Labute approximate surface area is 89.9 Å². The Kier molecular flexibility index (Phi) is 2.73. The van der Waals surface area contributed by atoms with Crippen LogP contribution < -0.4 is 0 Å². The number of ether oxygens (including phenoxy) is 3. The largest absolute Gasteiger partial charge is 0.460 e. The van der Waals surface area contributed by atoms with Gasteiger partial charge in [0.25, 0.3) is 0 Å². The summed E-state index contributed by atoms with van der Waals surface area (Å²) in [6, 6.07) is 0. The molecule has 4 heteroatoms. The molecule has 0 N–H and O–H groups in total. The molecule has 0 aromatic carbocycles. The number of fused-ring (bicyclic) bond motifs is 1. The normalized spacial score (nSPS) is 35.3. The van der Waals surface area contributed by atoms with Crippen LogP contribution in [0.1, 0.15) is 33.6 Å². The molecule has 2 rings (SSSR count). The van der Waals surface area contributed by atoms with Gasteiger partial charge in [-0.15, -0.1) is 0 Å². The van der Waals surface area contributed by atoms with Crippen LogP contribution in [0.2, 0.25) is 0 Å². The van der Waals surface area contributed by atoms with Gasteiger partial charge in [0.2, 0.25) is 0 Å². The van der Waals surface area contributed by atoms with Crippen LogP contribution in [-0.4, -0.2) is 30.6 Å². The van der Waals surface area contributed by atoms with E-state index < -0.39 is 5.60 Å². The second kappa shape index (κ2) is 3.76. The molecule has 0 aromatic heterocycles. The van der Waals surface area contributed by atoms with E-state index in [0.29, 0.717) is 6.79 Å². The highest BCUT2D eigenvalue weighted by atomic mass is 16.7. The van der Waals surface area contributed by atoms with Crippen molar-refractivity contribution in [2.45, 2.75) is 51.4 Å². The molecule has 0 radical (unpaired) electrons. The highest BCUT2D eigenvalue weighted by molar-refractivity contribution is 5.73. The lowest BCUT2D eigenvalue weighted by molar-refractivity contribution is -0.160. The number of carbonyl (C=O) groups is 1. The first-order valence-corrected chi connectivity index (χ1v) is 5.42. The molecule has 2 aliphatic rings. The highest BCUT2D eigenvalue weighted by Gasteiger charge is 2.43. The predicted octanol–water partition coefficient (Wildman–Crippen LogP) is 1.48. The first-order valence-electron chi connectivity index (χ1n) is 5.42. The summed E-state index contributed by atoms with van der Waals surface area (Å²) in [7, 11) is 0. The van der Waals surface area contributed by atoms with Crippen LogP contribution in [0.15, 0.2) is 0 Å². The Hall–Kier alpha value is -0.610. The van der Waals surface area contributed by atoms with Crippen molar-refractivity contribution in [1.29, 1.82) is 0 Å². The van der Waals surface area contributed by atoms with Gasteiger partial charge in [0.05, 0.1) is 18.1 Å². The lowest BCUT2D eigenvalue weighted by atomic mass is 10.1. The second-order valence-electron chi connectivity index (χ2n) is 5.23. The van der Waals surface area contributed by atoms with Crippen LogP contribution in [-0.2, 0) is 19.0 Å². The second-order valence-corrected chi connectivity index (χ2v) is 5.23. The third kappa shape index (κ3) is 2.49. The summed E-state index contributed by atoms with van der Waals surface area (Å²) in [5.41, 5.74) is -0.406. The van der Waals surface area contributed by atoms with Crippen LogP contribution in [0.5, 0.6) is 0 Å². The zero-order valence-electron chi connectivity index (χ0n) is 9.49. The molecular weight excluding hydrogens is 196 g/mol. The first kappa shape index (κ1) is 10.9. The molecule has 2 atom stereocenters. The predicted molar refractivity (Wildman–Crippen MR) is 53.2 cm³/mol. The van der Waals surface area contributed by atoms with Gasteiger partial charge in [0.1, 0.15) is 12.4 Å². The van der Waals surface area contributed by atoms with Gasteiger partial charge in [-0.05, 0) is 33.6 Å². The molecule has 0 aromatic rings. The number of esters is 1. The molecule has 2 fully saturated rings. The summed E-state index contributed by atoms with van der Waals surface area (Å²) in [4.78, 5) is 11.8. The topological polar surface area (TPSA) is 44.8 Å². The average molecular weight is 214 g/mol. The van der Waals surface area contributed by atoms with E-state index in [-0.39, 0.29) is 24.1 Å². The number of rotatable bonds is 1. The Morgan fingerprint density at radius 1 is 1.20 bits per heavy atom. The van der Waals surface area contributed by atoms with Crippen molar-refractivity contribution < 1.29 is 19.0 Å². The fraction of sp³-hybridized carbons (Fsp3) is 0.909. The molecule has 1 aliphatic heterocycles. The maximum Gasteiger partial charge on any atom is 0.309 e. The Morgan fingerprint density at radius 2 is 1.73 bits per heavy atom. The van der Waals surface area contributed by atoms with Gasteiger partial charge in [0.15, 0.2) is 0 Å². The smallest absolute Gasteiger partial charge is 0.309 e. The van der Waals surface area contributed by atoms with E-state index in [2.05, 4.69) is 0 Å². The Bertz CT molecular complexity index is 244. The van der Waals surface area contributed by atoms with Crippen LogP contribution in [0.4, 0.5) is 0 Å².